The Morgan fingerprint density at radius 1 is 1.20 bits per heavy atom. The van der Waals surface area contributed by atoms with Crippen molar-refractivity contribution in [2.45, 2.75) is 38.4 Å². The van der Waals surface area contributed by atoms with Crippen molar-refractivity contribution in [1.29, 1.82) is 0 Å². The van der Waals surface area contributed by atoms with Gasteiger partial charge in [0.2, 0.25) is 0 Å². The highest BCUT2D eigenvalue weighted by molar-refractivity contribution is 7.34. The van der Waals surface area contributed by atoms with Gasteiger partial charge < -0.3 is 0 Å². The van der Waals surface area contributed by atoms with Gasteiger partial charge in [0.05, 0.1) is 0 Å². The molecular formula is C7H13BCl2. The van der Waals surface area contributed by atoms with E-state index in [1.807, 2.05) is 0 Å². The average Bonchev–Trinajstić information content (AvgIpc) is 1.88. The van der Waals surface area contributed by atoms with E-state index in [-0.39, 0.29) is 5.54 Å². The molecule has 0 aromatic heterocycles. The first-order valence-electron chi connectivity index (χ1n) is 4.00. The molecule has 0 N–H and O–H groups in total. The van der Waals surface area contributed by atoms with Crippen LogP contribution in [0.15, 0.2) is 0 Å². The van der Waals surface area contributed by atoms with E-state index in [2.05, 4.69) is 6.92 Å². The normalized spacial score (nSPS) is 33.9. The summed E-state index contributed by atoms with van der Waals surface area (Å²) in [7, 11) is 0. The predicted octanol–water partition coefficient (Wildman–Crippen LogP) is 3.53. The lowest BCUT2D eigenvalue weighted by molar-refractivity contribution is 0.384. The summed E-state index contributed by atoms with van der Waals surface area (Å²) in [6.07, 6.45) is 5.20. The van der Waals surface area contributed by atoms with Crippen LogP contribution in [0.1, 0.15) is 32.6 Å². The molecule has 1 rings (SSSR count). The smallest absolute Gasteiger partial charge is 0.171 e. The van der Waals surface area contributed by atoms with Crippen molar-refractivity contribution in [3.05, 3.63) is 0 Å². The van der Waals surface area contributed by atoms with Gasteiger partial charge in [-0.1, -0.05) is 32.6 Å². The van der Waals surface area contributed by atoms with Crippen LogP contribution in [0.4, 0.5) is 0 Å². The molecule has 3 heteroatoms. The summed E-state index contributed by atoms with van der Waals surface area (Å²) in [4.78, 5) is 0. The lowest BCUT2D eigenvalue weighted by atomic mass is 9.67. The van der Waals surface area contributed by atoms with Gasteiger partial charge in [-0.15, -0.1) is 0 Å². The van der Waals surface area contributed by atoms with Gasteiger partial charge in [-0.2, -0.15) is 22.9 Å². The Bertz CT molecular complexity index is 106. The maximum atomic E-state index is 5.82. The molecule has 10 heavy (non-hydrogen) atoms. The Labute approximate surface area is 73.2 Å². The zero-order chi connectivity index (χ0) is 7.56. The Morgan fingerprint density at radius 2 is 1.80 bits per heavy atom. The molecule has 58 valence electrons. The molecule has 1 aliphatic rings. The van der Waals surface area contributed by atoms with Crippen LogP contribution in [0.3, 0.4) is 0 Å². The molecule has 0 bridgehead atoms. The maximum absolute atomic E-state index is 5.82. The third kappa shape index (κ3) is 2.06. The van der Waals surface area contributed by atoms with Gasteiger partial charge in [-0.3, -0.25) is 0 Å². The number of hydrogen-bond acceptors (Lipinski definition) is 0. The van der Waals surface area contributed by atoms with E-state index in [1.54, 1.807) is 0 Å². The maximum Gasteiger partial charge on any atom is 0.354 e. The summed E-state index contributed by atoms with van der Waals surface area (Å²) in [6, 6.07) is 0. The zero-order valence-corrected chi connectivity index (χ0v) is 7.83. The molecule has 0 amide bonds. The summed E-state index contributed by atoms with van der Waals surface area (Å²) in [5, 5.41) is 0. The standard InChI is InChI=1S/C7H13BCl2/c1-6-4-2-3-5-7(6)8(9)10/h6-7H,2-5H2,1H3/t6-,7-/m0/s1. The monoisotopic (exact) mass is 178 g/mol. The molecule has 1 fully saturated rings. The molecule has 2 atom stereocenters. The average molecular weight is 179 g/mol. The number of hydrogen-bond donors (Lipinski definition) is 0. The first kappa shape index (κ1) is 8.74. The van der Waals surface area contributed by atoms with E-state index in [1.165, 1.54) is 25.7 Å². The van der Waals surface area contributed by atoms with Crippen LogP contribution in [-0.4, -0.2) is 5.54 Å². The Morgan fingerprint density at radius 3 is 2.20 bits per heavy atom. The lowest BCUT2D eigenvalue weighted by Gasteiger charge is -2.27. The van der Waals surface area contributed by atoms with Crippen molar-refractivity contribution < 1.29 is 0 Å². The molecule has 0 nitrogen and oxygen atoms in total. The Kier molecular flexibility index (Phi) is 3.38. The Balaban J connectivity index is 2.40. The van der Waals surface area contributed by atoms with Crippen LogP contribution in [0.2, 0.25) is 5.82 Å². The van der Waals surface area contributed by atoms with Crippen LogP contribution in [-0.2, 0) is 0 Å². The van der Waals surface area contributed by atoms with E-state index >= 15 is 0 Å². The summed E-state index contributed by atoms with van der Waals surface area (Å²) in [6.45, 7) is 2.25. The van der Waals surface area contributed by atoms with Gasteiger partial charge >= 0.3 is 5.54 Å². The van der Waals surface area contributed by atoms with E-state index in [9.17, 15) is 0 Å². The second-order valence-corrected chi connectivity index (χ2v) is 4.42. The van der Waals surface area contributed by atoms with E-state index < -0.39 is 0 Å². The minimum absolute atomic E-state index is 0.143. The molecule has 1 saturated carbocycles. The molecule has 0 aromatic carbocycles. The quantitative estimate of drug-likeness (QED) is 0.540. The van der Waals surface area contributed by atoms with Crippen molar-refractivity contribution in [3.63, 3.8) is 0 Å². The van der Waals surface area contributed by atoms with Crippen LogP contribution >= 0.6 is 22.9 Å². The topological polar surface area (TPSA) is 0 Å². The first-order chi connectivity index (χ1) is 4.72. The van der Waals surface area contributed by atoms with E-state index in [4.69, 9.17) is 22.9 Å². The van der Waals surface area contributed by atoms with Crippen molar-refractivity contribution in [2.24, 2.45) is 5.92 Å². The molecule has 0 spiro atoms. The fourth-order valence-corrected chi connectivity index (χ4v) is 2.47. The van der Waals surface area contributed by atoms with E-state index in [0.29, 0.717) is 5.82 Å². The van der Waals surface area contributed by atoms with E-state index in [0.717, 1.165) is 5.92 Å². The van der Waals surface area contributed by atoms with Gasteiger partial charge in [0.25, 0.3) is 0 Å². The molecule has 0 aliphatic heterocycles. The van der Waals surface area contributed by atoms with Gasteiger partial charge in [-0.25, -0.2) is 0 Å². The largest absolute Gasteiger partial charge is 0.354 e. The third-order valence-corrected chi connectivity index (χ3v) is 3.15. The summed E-state index contributed by atoms with van der Waals surface area (Å²) in [5.41, 5.74) is -0.143. The highest BCUT2D eigenvalue weighted by atomic mass is 35.5. The summed E-state index contributed by atoms with van der Waals surface area (Å²) >= 11 is 11.6. The second-order valence-electron chi connectivity index (χ2n) is 3.26. The SMILES string of the molecule is C[C@H]1CCCC[C@@H]1B(Cl)Cl. The second kappa shape index (κ2) is 3.87. The van der Waals surface area contributed by atoms with Crippen LogP contribution < -0.4 is 0 Å². The summed E-state index contributed by atoms with van der Waals surface area (Å²) in [5.74, 6) is 1.28. The van der Waals surface area contributed by atoms with Crippen LogP contribution in [0, 0.1) is 5.92 Å². The molecule has 0 saturated heterocycles. The van der Waals surface area contributed by atoms with Crippen LogP contribution in [0.5, 0.6) is 0 Å². The Hall–Kier alpha value is 0.645. The molecule has 0 radical (unpaired) electrons. The van der Waals surface area contributed by atoms with Gasteiger partial charge in [0.1, 0.15) is 0 Å². The van der Waals surface area contributed by atoms with Crippen LogP contribution in [0.25, 0.3) is 0 Å². The fraction of sp³-hybridized carbons (Fsp3) is 1.00. The third-order valence-electron chi connectivity index (χ3n) is 2.50. The highest BCUT2D eigenvalue weighted by Gasteiger charge is 2.29. The lowest BCUT2D eigenvalue weighted by Crippen LogP contribution is -2.19. The van der Waals surface area contributed by atoms with Gasteiger partial charge in [-0.05, 0) is 11.7 Å². The van der Waals surface area contributed by atoms with Crippen molar-refractivity contribution in [3.8, 4) is 0 Å². The summed E-state index contributed by atoms with van der Waals surface area (Å²) < 4.78 is 0. The van der Waals surface area contributed by atoms with Gasteiger partial charge in [0, 0.05) is 0 Å². The van der Waals surface area contributed by atoms with Crippen molar-refractivity contribution >= 4 is 28.5 Å². The molecule has 1 aliphatic carbocycles. The van der Waals surface area contributed by atoms with Crippen molar-refractivity contribution in [1.82, 2.24) is 0 Å². The number of halogens is 2. The molecule has 0 unspecified atom stereocenters. The molecular weight excluding hydrogens is 166 g/mol. The molecule has 0 aromatic rings. The predicted molar refractivity (Wildman–Crippen MR) is 48.8 cm³/mol. The first-order valence-corrected chi connectivity index (χ1v) is 4.87. The zero-order valence-electron chi connectivity index (χ0n) is 6.32. The fourth-order valence-electron chi connectivity index (χ4n) is 1.72. The van der Waals surface area contributed by atoms with Gasteiger partial charge in [0.15, 0.2) is 0 Å². The van der Waals surface area contributed by atoms with Crippen molar-refractivity contribution in [2.75, 3.05) is 0 Å². The highest BCUT2D eigenvalue weighted by Crippen LogP contribution is 2.38. The minimum Gasteiger partial charge on any atom is -0.171 e. The molecule has 0 heterocycles. The minimum atomic E-state index is -0.143. The number of rotatable bonds is 1.